The molecule has 2 fully saturated rings. The lowest BCUT2D eigenvalue weighted by molar-refractivity contribution is -0.117. The summed E-state index contributed by atoms with van der Waals surface area (Å²) in [5.74, 6) is 0.204. The Hall–Kier alpha value is -2.39. The van der Waals surface area contributed by atoms with Crippen molar-refractivity contribution < 1.29 is 9.59 Å². The second-order valence-corrected chi connectivity index (χ2v) is 8.78. The van der Waals surface area contributed by atoms with E-state index in [-0.39, 0.29) is 11.9 Å². The number of amides is 3. The fourth-order valence-electron chi connectivity index (χ4n) is 3.18. The molecule has 1 aromatic heterocycles. The first kappa shape index (κ1) is 19.9. The van der Waals surface area contributed by atoms with Gasteiger partial charge in [0.1, 0.15) is 11.0 Å². The Kier molecular flexibility index (Phi) is 5.86. The van der Waals surface area contributed by atoms with Gasteiger partial charge in [-0.1, -0.05) is 29.0 Å². The van der Waals surface area contributed by atoms with Crippen LogP contribution in [0, 0.1) is 0 Å². The van der Waals surface area contributed by atoms with Crippen LogP contribution in [-0.4, -0.2) is 59.3 Å². The summed E-state index contributed by atoms with van der Waals surface area (Å²) in [5.41, 5.74) is 1.05. The van der Waals surface area contributed by atoms with Gasteiger partial charge in [-0.2, -0.15) is 0 Å². The zero-order valence-corrected chi connectivity index (χ0v) is 17.7. The molecule has 1 aromatic carbocycles. The van der Waals surface area contributed by atoms with E-state index in [4.69, 9.17) is 11.6 Å². The van der Waals surface area contributed by atoms with E-state index in [0.29, 0.717) is 42.3 Å². The number of hydrogen-bond acceptors (Lipinski definition) is 6. The number of halogens is 1. The van der Waals surface area contributed by atoms with E-state index >= 15 is 0 Å². The Bertz CT molecular complexity index is 894. The third kappa shape index (κ3) is 4.97. The molecule has 0 bridgehead atoms. The van der Waals surface area contributed by atoms with Crippen molar-refractivity contribution in [2.75, 3.05) is 36.4 Å². The molecule has 154 valence electrons. The molecule has 3 amide bonds. The Labute approximate surface area is 178 Å². The fraction of sp³-hybridized carbons (Fsp3) is 0.474. The van der Waals surface area contributed by atoms with Crippen molar-refractivity contribution in [3.05, 3.63) is 34.3 Å². The van der Waals surface area contributed by atoms with Crippen molar-refractivity contribution in [1.29, 1.82) is 0 Å². The quantitative estimate of drug-likeness (QED) is 0.755. The number of aromatic nitrogens is 2. The molecule has 8 nitrogen and oxygen atoms in total. The summed E-state index contributed by atoms with van der Waals surface area (Å²) in [6.07, 6.45) is 2.28. The maximum absolute atomic E-state index is 12.5. The van der Waals surface area contributed by atoms with Crippen molar-refractivity contribution >= 4 is 45.7 Å². The van der Waals surface area contributed by atoms with Gasteiger partial charge in [-0.3, -0.25) is 10.1 Å². The van der Waals surface area contributed by atoms with Gasteiger partial charge in [-0.15, -0.1) is 10.2 Å². The normalized spacial score (nSPS) is 17.7. The highest BCUT2D eigenvalue weighted by Crippen LogP contribution is 2.42. The molecule has 10 heteroatoms. The number of rotatable bonds is 5. The minimum absolute atomic E-state index is 0.241. The number of anilines is 2. The molecule has 29 heavy (non-hydrogen) atoms. The zero-order chi connectivity index (χ0) is 20.4. The summed E-state index contributed by atoms with van der Waals surface area (Å²) in [7, 11) is 0. The Morgan fingerprint density at radius 2 is 1.97 bits per heavy atom. The average molecular weight is 435 g/mol. The Morgan fingerprint density at radius 1 is 1.21 bits per heavy atom. The van der Waals surface area contributed by atoms with E-state index < -0.39 is 6.04 Å². The van der Waals surface area contributed by atoms with Crippen molar-refractivity contribution in [2.45, 2.75) is 31.7 Å². The maximum Gasteiger partial charge on any atom is 0.318 e. The van der Waals surface area contributed by atoms with Crippen molar-refractivity contribution in [1.82, 2.24) is 20.4 Å². The third-order valence-electron chi connectivity index (χ3n) is 5.07. The van der Waals surface area contributed by atoms with E-state index in [1.165, 1.54) is 11.3 Å². The van der Waals surface area contributed by atoms with Crippen LogP contribution >= 0.6 is 22.9 Å². The second kappa shape index (κ2) is 8.54. The molecule has 0 spiro atoms. The number of carbonyl (C=O) groups is 2. The Morgan fingerprint density at radius 3 is 2.66 bits per heavy atom. The number of nitrogens with one attached hydrogen (secondary N) is 2. The first-order valence-corrected chi connectivity index (χ1v) is 10.9. The number of piperazine rings is 1. The highest BCUT2D eigenvalue weighted by molar-refractivity contribution is 7.15. The molecule has 2 heterocycles. The lowest BCUT2D eigenvalue weighted by atomic mass is 10.2. The van der Waals surface area contributed by atoms with E-state index in [0.717, 1.165) is 23.5 Å². The minimum Gasteiger partial charge on any atom is -0.368 e. The van der Waals surface area contributed by atoms with Crippen LogP contribution in [0.1, 0.15) is 30.7 Å². The van der Waals surface area contributed by atoms with Gasteiger partial charge in [0.2, 0.25) is 11.0 Å². The summed E-state index contributed by atoms with van der Waals surface area (Å²) in [4.78, 5) is 28.8. The molecule has 2 N–H and O–H groups in total. The average Bonchev–Trinajstić information content (AvgIpc) is 3.47. The van der Waals surface area contributed by atoms with Gasteiger partial charge in [-0.25, -0.2) is 4.79 Å². The molecule has 1 saturated carbocycles. The molecular formula is C19H23ClN6O2S. The highest BCUT2D eigenvalue weighted by atomic mass is 35.5. The number of benzene rings is 1. The van der Waals surface area contributed by atoms with E-state index in [1.807, 2.05) is 24.3 Å². The van der Waals surface area contributed by atoms with Gasteiger partial charge in [0.15, 0.2) is 0 Å². The Balaban J connectivity index is 1.24. The van der Waals surface area contributed by atoms with Crippen molar-refractivity contribution in [3.63, 3.8) is 0 Å². The van der Waals surface area contributed by atoms with Crippen LogP contribution < -0.4 is 15.5 Å². The first-order chi connectivity index (χ1) is 14.0. The third-order valence-corrected chi connectivity index (χ3v) is 6.31. The number of hydrogen-bond donors (Lipinski definition) is 2. The number of carbonyl (C=O) groups excluding carboxylic acids is 2. The standard InChI is InChI=1S/C19H23ClN6O2S/c1-12(16(27)22-18-24-23-17(29-18)13-5-6-13)21-19(28)26-9-7-25(8-10-26)15-4-2-3-14(20)11-15/h2-4,11-13H,5-10H2,1H3,(H,21,28)(H,22,24,27). The smallest absolute Gasteiger partial charge is 0.318 e. The molecule has 4 rings (SSSR count). The van der Waals surface area contributed by atoms with Gasteiger partial charge in [0, 0.05) is 42.8 Å². The highest BCUT2D eigenvalue weighted by Gasteiger charge is 2.28. The van der Waals surface area contributed by atoms with Gasteiger partial charge in [-0.05, 0) is 38.0 Å². The molecule has 1 unspecified atom stereocenters. The monoisotopic (exact) mass is 434 g/mol. The van der Waals surface area contributed by atoms with Gasteiger partial charge in [0.05, 0.1) is 0 Å². The number of nitrogens with zero attached hydrogens (tertiary/aromatic N) is 4. The molecule has 1 aliphatic heterocycles. The zero-order valence-electron chi connectivity index (χ0n) is 16.1. The summed E-state index contributed by atoms with van der Waals surface area (Å²) >= 11 is 7.46. The second-order valence-electron chi connectivity index (χ2n) is 7.33. The maximum atomic E-state index is 12.5. The molecule has 2 aliphatic rings. The summed E-state index contributed by atoms with van der Waals surface area (Å²) in [5, 5.41) is 15.8. The van der Waals surface area contributed by atoms with Crippen LogP contribution in [0.2, 0.25) is 5.02 Å². The van der Waals surface area contributed by atoms with E-state index in [9.17, 15) is 9.59 Å². The first-order valence-electron chi connectivity index (χ1n) is 9.70. The van der Waals surface area contributed by atoms with Gasteiger partial charge < -0.3 is 15.1 Å². The lowest BCUT2D eigenvalue weighted by Crippen LogP contribution is -2.54. The topological polar surface area (TPSA) is 90.5 Å². The predicted octanol–water partition coefficient (Wildman–Crippen LogP) is 2.93. The predicted molar refractivity (Wildman–Crippen MR) is 114 cm³/mol. The minimum atomic E-state index is -0.665. The summed E-state index contributed by atoms with van der Waals surface area (Å²) < 4.78 is 0. The fourth-order valence-corrected chi connectivity index (χ4v) is 4.28. The molecule has 1 atom stereocenters. The summed E-state index contributed by atoms with van der Waals surface area (Å²) in [6, 6.07) is 6.79. The van der Waals surface area contributed by atoms with E-state index in [2.05, 4.69) is 25.7 Å². The summed E-state index contributed by atoms with van der Waals surface area (Å²) in [6.45, 7) is 4.24. The lowest BCUT2D eigenvalue weighted by Gasteiger charge is -2.36. The molecular weight excluding hydrogens is 412 g/mol. The SMILES string of the molecule is CC(NC(=O)N1CCN(c2cccc(Cl)c2)CC1)C(=O)Nc1nnc(C2CC2)s1. The van der Waals surface area contributed by atoms with Gasteiger partial charge in [0.25, 0.3) is 0 Å². The number of urea groups is 1. The van der Waals surface area contributed by atoms with Crippen LogP contribution in [0.4, 0.5) is 15.6 Å². The van der Waals surface area contributed by atoms with Crippen LogP contribution in [0.3, 0.4) is 0 Å². The van der Waals surface area contributed by atoms with Crippen LogP contribution in [-0.2, 0) is 4.79 Å². The van der Waals surface area contributed by atoms with Crippen LogP contribution in [0.5, 0.6) is 0 Å². The van der Waals surface area contributed by atoms with Gasteiger partial charge >= 0.3 is 6.03 Å². The van der Waals surface area contributed by atoms with Crippen LogP contribution in [0.25, 0.3) is 0 Å². The largest absolute Gasteiger partial charge is 0.368 e. The van der Waals surface area contributed by atoms with E-state index in [1.54, 1.807) is 11.8 Å². The van der Waals surface area contributed by atoms with Crippen molar-refractivity contribution in [3.8, 4) is 0 Å². The molecule has 1 aliphatic carbocycles. The molecule has 0 radical (unpaired) electrons. The molecule has 2 aromatic rings. The van der Waals surface area contributed by atoms with Crippen LogP contribution in [0.15, 0.2) is 24.3 Å². The van der Waals surface area contributed by atoms with Crippen molar-refractivity contribution in [2.24, 2.45) is 0 Å². The molecule has 1 saturated heterocycles.